The van der Waals surface area contributed by atoms with Crippen molar-refractivity contribution in [2.24, 2.45) is 5.73 Å². The van der Waals surface area contributed by atoms with Gasteiger partial charge in [-0.15, -0.1) is 12.4 Å². The fourth-order valence-electron chi connectivity index (χ4n) is 2.67. The van der Waals surface area contributed by atoms with Gasteiger partial charge in [-0.05, 0) is 36.8 Å². The molecule has 1 aliphatic rings. The molecule has 0 bridgehead atoms. The fourth-order valence-corrected chi connectivity index (χ4v) is 2.67. The van der Waals surface area contributed by atoms with Gasteiger partial charge in [-0.2, -0.15) is 0 Å². The molecule has 9 nitrogen and oxygen atoms in total. The van der Waals surface area contributed by atoms with Crippen LogP contribution in [0.25, 0.3) is 10.9 Å². The van der Waals surface area contributed by atoms with E-state index < -0.39 is 17.3 Å². The van der Waals surface area contributed by atoms with Crippen molar-refractivity contribution in [1.82, 2.24) is 9.97 Å². The Morgan fingerprint density at radius 1 is 1.26 bits per heavy atom. The summed E-state index contributed by atoms with van der Waals surface area (Å²) >= 11 is 0. The van der Waals surface area contributed by atoms with E-state index in [1.54, 1.807) is 6.92 Å². The maximum absolute atomic E-state index is 13.0. The monoisotopic (exact) mass is 450 g/mol. The molecule has 11 heteroatoms. The molecule has 0 spiro atoms. The van der Waals surface area contributed by atoms with Crippen molar-refractivity contribution in [3.63, 3.8) is 0 Å². The molecule has 3 aromatic rings. The molecule has 0 saturated heterocycles. The van der Waals surface area contributed by atoms with Crippen LogP contribution in [0.3, 0.4) is 0 Å². The Hall–Kier alpha value is -3.50. The van der Waals surface area contributed by atoms with Crippen LogP contribution in [0.1, 0.15) is 23.1 Å². The van der Waals surface area contributed by atoms with E-state index >= 15 is 0 Å². The van der Waals surface area contributed by atoms with Crippen LogP contribution >= 0.6 is 12.4 Å². The van der Waals surface area contributed by atoms with Crippen molar-refractivity contribution in [2.75, 3.05) is 18.5 Å². The summed E-state index contributed by atoms with van der Waals surface area (Å²) in [7, 11) is 0. The SMILES string of the molecule is CCOC(=O)c1nc2cc(F)ccc2c(=O)[nH]1.Cl.NCc1ccc2c(c1)NC(=O)CO2. The van der Waals surface area contributed by atoms with Gasteiger partial charge in [0.2, 0.25) is 5.82 Å². The number of ether oxygens (including phenoxy) is 2. The summed E-state index contributed by atoms with van der Waals surface area (Å²) in [6, 6.07) is 9.09. The fraction of sp³-hybridized carbons (Fsp3) is 0.200. The summed E-state index contributed by atoms with van der Waals surface area (Å²) in [5.74, 6) is -0.908. The molecule has 0 unspecified atom stereocenters. The van der Waals surface area contributed by atoms with Gasteiger partial charge in [0.25, 0.3) is 11.5 Å². The first-order valence-electron chi connectivity index (χ1n) is 9.03. The predicted molar refractivity (Wildman–Crippen MR) is 114 cm³/mol. The summed E-state index contributed by atoms with van der Waals surface area (Å²) in [4.78, 5) is 40.1. The molecule has 164 valence electrons. The molecule has 0 fully saturated rings. The van der Waals surface area contributed by atoms with Crippen LogP contribution in [0.5, 0.6) is 5.75 Å². The molecule has 1 aromatic heterocycles. The highest BCUT2D eigenvalue weighted by Crippen LogP contribution is 2.28. The van der Waals surface area contributed by atoms with E-state index in [9.17, 15) is 18.8 Å². The predicted octanol–water partition coefficient (Wildman–Crippen LogP) is 2.14. The van der Waals surface area contributed by atoms with Gasteiger partial charge in [0.05, 0.1) is 23.2 Å². The molecule has 0 aliphatic carbocycles. The Morgan fingerprint density at radius 3 is 2.74 bits per heavy atom. The number of nitrogens with two attached hydrogens (primary N) is 1. The third-order valence-electron chi connectivity index (χ3n) is 4.05. The van der Waals surface area contributed by atoms with E-state index in [0.717, 1.165) is 17.7 Å². The molecule has 0 radical (unpaired) electrons. The van der Waals surface area contributed by atoms with Crippen molar-refractivity contribution in [1.29, 1.82) is 0 Å². The largest absolute Gasteiger partial charge is 0.482 e. The summed E-state index contributed by atoms with van der Waals surface area (Å²) < 4.78 is 22.9. The van der Waals surface area contributed by atoms with Gasteiger partial charge >= 0.3 is 5.97 Å². The van der Waals surface area contributed by atoms with Crippen LogP contribution in [-0.2, 0) is 16.1 Å². The minimum atomic E-state index is -0.740. The van der Waals surface area contributed by atoms with E-state index in [1.165, 1.54) is 6.07 Å². The normalized spacial score (nSPS) is 11.8. The molecule has 0 saturated carbocycles. The minimum absolute atomic E-state index is 0. The zero-order valence-electron chi connectivity index (χ0n) is 16.4. The average Bonchev–Trinajstić information content (AvgIpc) is 2.73. The number of aromatic nitrogens is 2. The second kappa shape index (κ2) is 10.5. The van der Waals surface area contributed by atoms with Crippen LogP contribution in [0.4, 0.5) is 10.1 Å². The number of hydrogen-bond donors (Lipinski definition) is 3. The number of rotatable bonds is 3. The zero-order valence-corrected chi connectivity index (χ0v) is 17.3. The molecule has 4 rings (SSSR count). The third-order valence-corrected chi connectivity index (χ3v) is 4.05. The Bertz CT molecular complexity index is 1170. The van der Waals surface area contributed by atoms with Crippen molar-refractivity contribution in [2.45, 2.75) is 13.5 Å². The molecule has 0 atom stereocenters. The number of aromatic amines is 1. The lowest BCUT2D eigenvalue weighted by Gasteiger charge is -2.18. The number of fused-ring (bicyclic) bond motifs is 2. The number of hydrogen-bond acceptors (Lipinski definition) is 7. The summed E-state index contributed by atoms with van der Waals surface area (Å²) in [6.45, 7) is 2.36. The summed E-state index contributed by atoms with van der Waals surface area (Å²) in [5.41, 5.74) is 6.77. The maximum atomic E-state index is 13.0. The van der Waals surface area contributed by atoms with Crippen LogP contribution < -0.4 is 21.3 Å². The molecule has 1 amide bonds. The smallest absolute Gasteiger partial charge is 0.374 e. The molecule has 31 heavy (non-hydrogen) atoms. The van der Waals surface area contributed by atoms with E-state index in [0.29, 0.717) is 18.0 Å². The van der Waals surface area contributed by atoms with E-state index in [1.807, 2.05) is 18.2 Å². The van der Waals surface area contributed by atoms with Gasteiger partial charge in [0.15, 0.2) is 6.61 Å². The van der Waals surface area contributed by atoms with E-state index in [4.69, 9.17) is 15.2 Å². The number of benzene rings is 2. The highest BCUT2D eigenvalue weighted by molar-refractivity contribution is 5.95. The van der Waals surface area contributed by atoms with Crippen LogP contribution in [-0.4, -0.2) is 35.1 Å². The van der Waals surface area contributed by atoms with Crippen molar-refractivity contribution in [3.05, 3.63) is 64.0 Å². The highest BCUT2D eigenvalue weighted by Gasteiger charge is 2.15. The average molecular weight is 451 g/mol. The zero-order chi connectivity index (χ0) is 21.7. The Labute approximate surface area is 182 Å². The first-order chi connectivity index (χ1) is 14.4. The number of nitrogens with one attached hydrogen (secondary N) is 2. The quantitative estimate of drug-likeness (QED) is 0.520. The van der Waals surface area contributed by atoms with Gasteiger partial charge in [-0.1, -0.05) is 6.07 Å². The van der Waals surface area contributed by atoms with Gasteiger partial charge in [0, 0.05) is 12.6 Å². The van der Waals surface area contributed by atoms with Gasteiger partial charge < -0.3 is 25.5 Å². The Morgan fingerprint density at radius 2 is 2.03 bits per heavy atom. The first kappa shape index (κ1) is 23.8. The van der Waals surface area contributed by atoms with E-state index in [2.05, 4.69) is 15.3 Å². The van der Waals surface area contributed by atoms with Gasteiger partial charge in [-0.25, -0.2) is 14.2 Å². The van der Waals surface area contributed by atoms with Gasteiger partial charge in [-0.3, -0.25) is 9.59 Å². The second-order valence-electron chi connectivity index (χ2n) is 6.17. The van der Waals surface area contributed by atoms with E-state index in [-0.39, 0.29) is 48.3 Å². The standard InChI is InChI=1S/C11H9FN2O3.C9H10N2O2.ClH/c1-2-17-11(16)9-13-8-5-6(12)3-4-7(8)10(15)14-9;10-4-6-1-2-8-7(3-6)11-9(12)5-13-8;/h3-5H,2H2,1H3,(H,13,14,15);1-3H,4-5,10H2,(H,11,12);1H. The van der Waals surface area contributed by atoms with Crippen LogP contribution in [0.15, 0.2) is 41.2 Å². The molecule has 1 aliphatic heterocycles. The molecule has 2 heterocycles. The number of carbonyl (C=O) groups is 2. The topological polar surface area (TPSA) is 136 Å². The molecular weight excluding hydrogens is 431 g/mol. The number of esters is 1. The first-order valence-corrected chi connectivity index (χ1v) is 9.03. The number of halogens is 2. The lowest BCUT2D eigenvalue weighted by Crippen LogP contribution is -2.25. The molecular formula is C20H20ClFN4O5. The Kier molecular flexibility index (Phi) is 8.06. The number of nitrogens with zero attached hydrogens (tertiary/aromatic N) is 1. The van der Waals surface area contributed by atoms with Crippen molar-refractivity contribution >= 4 is 40.9 Å². The number of H-pyrrole nitrogens is 1. The van der Waals surface area contributed by atoms with Crippen LogP contribution in [0, 0.1) is 5.82 Å². The summed E-state index contributed by atoms with van der Waals surface area (Å²) in [6.07, 6.45) is 0. The lowest BCUT2D eigenvalue weighted by atomic mass is 10.1. The lowest BCUT2D eigenvalue weighted by molar-refractivity contribution is -0.118. The minimum Gasteiger partial charge on any atom is -0.482 e. The molecule has 4 N–H and O–H groups in total. The maximum Gasteiger partial charge on any atom is 0.374 e. The highest BCUT2D eigenvalue weighted by atomic mass is 35.5. The second-order valence-corrected chi connectivity index (χ2v) is 6.17. The number of amides is 1. The Balaban J connectivity index is 0.000000220. The number of anilines is 1. The van der Waals surface area contributed by atoms with Crippen LogP contribution in [0.2, 0.25) is 0 Å². The third kappa shape index (κ3) is 5.77. The molecule has 2 aromatic carbocycles. The number of carbonyl (C=O) groups excluding carboxylic acids is 2. The van der Waals surface area contributed by atoms with Crippen molar-refractivity contribution in [3.8, 4) is 5.75 Å². The van der Waals surface area contributed by atoms with Gasteiger partial charge in [0.1, 0.15) is 11.6 Å². The van der Waals surface area contributed by atoms with Crippen molar-refractivity contribution < 1.29 is 23.5 Å². The summed E-state index contributed by atoms with van der Waals surface area (Å²) in [5, 5.41) is 2.94.